The Balaban J connectivity index is 6.41. The van der Waals surface area contributed by atoms with Gasteiger partial charge in [-0.05, 0) is 59.5 Å². The molecule has 0 saturated carbocycles. The molecule has 0 rings (SSSR count). The molecule has 38 heavy (non-hydrogen) atoms. The maximum atomic E-state index is 13.8. The number of ketones is 1. The molecular weight excluding hydrogens is 494 g/mol. The Labute approximate surface area is 227 Å². The summed E-state index contributed by atoms with van der Waals surface area (Å²) in [5.74, 6) is -3.86. The molecule has 11 nitrogen and oxygen atoms in total. The quantitative estimate of drug-likeness (QED) is 0.150. The van der Waals surface area contributed by atoms with Crippen molar-refractivity contribution in [2.24, 2.45) is 11.8 Å². The summed E-state index contributed by atoms with van der Waals surface area (Å²) < 4.78 is 5.58. The van der Waals surface area contributed by atoms with Crippen LogP contribution in [-0.2, 0) is 23.9 Å². The van der Waals surface area contributed by atoms with E-state index in [1.54, 1.807) is 34.9 Å². The number of hydrogen-bond acceptors (Lipinski definition) is 9. The number of nitrogens with one attached hydrogen (secondary N) is 2. The molecule has 0 aliphatic heterocycles. The third-order valence-corrected chi connectivity index (χ3v) is 7.27. The highest BCUT2D eigenvalue weighted by molar-refractivity contribution is 5.95. The standard InChI is InChI=1S/C27H51N3O8/c1-10-16(2)22(29-8)25(35)38-27(26(36)37,14-19(5)32)15-21(33)23(17(3)12-11-13-18(4)31)30(9)24(34)20(6)28-7/h16-20,22-23,28-29,31-32H,10-15H2,1-9H3,(H,36,37)/t16-,17+,18?,19?,20+,22+,23+,27?/m1/s1. The predicted molar refractivity (Wildman–Crippen MR) is 144 cm³/mol. The highest BCUT2D eigenvalue weighted by atomic mass is 16.6. The van der Waals surface area contributed by atoms with Gasteiger partial charge in [-0.3, -0.25) is 14.4 Å². The molecule has 1 amide bonds. The largest absolute Gasteiger partial charge is 0.478 e. The first kappa shape index (κ1) is 35.9. The van der Waals surface area contributed by atoms with Crippen molar-refractivity contribution in [2.45, 2.75) is 116 Å². The van der Waals surface area contributed by atoms with Crippen molar-refractivity contribution < 1.29 is 39.2 Å². The van der Waals surface area contributed by atoms with Gasteiger partial charge in [0.05, 0.1) is 30.7 Å². The first-order valence-electron chi connectivity index (χ1n) is 13.5. The van der Waals surface area contributed by atoms with Crippen molar-refractivity contribution in [1.82, 2.24) is 15.5 Å². The van der Waals surface area contributed by atoms with Crippen molar-refractivity contribution in [3.8, 4) is 0 Å². The lowest BCUT2D eigenvalue weighted by Gasteiger charge is -2.37. The van der Waals surface area contributed by atoms with Crippen LogP contribution in [0, 0.1) is 11.8 Å². The van der Waals surface area contributed by atoms with Crippen LogP contribution in [-0.4, -0.2) is 101 Å². The Morgan fingerprint density at radius 1 is 0.921 bits per heavy atom. The second-order valence-electron chi connectivity index (χ2n) is 10.7. The van der Waals surface area contributed by atoms with E-state index in [-0.39, 0.29) is 17.7 Å². The van der Waals surface area contributed by atoms with E-state index in [0.29, 0.717) is 25.7 Å². The second-order valence-corrected chi connectivity index (χ2v) is 10.7. The van der Waals surface area contributed by atoms with Crippen molar-refractivity contribution in [1.29, 1.82) is 0 Å². The number of likely N-dealkylation sites (N-methyl/N-ethyl adjacent to an activating group) is 3. The van der Waals surface area contributed by atoms with Gasteiger partial charge >= 0.3 is 11.9 Å². The Morgan fingerprint density at radius 2 is 1.50 bits per heavy atom. The number of carbonyl (C=O) groups is 4. The molecule has 11 heteroatoms. The zero-order valence-electron chi connectivity index (χ0n) is 24.6. The third-order valence-electron chi connectivity index (χ3n) is 7.27. The minimum absolute atomic E-state index is 0.172. The Hall–Kier alpha value is -2.08. The van der Waals surface area contributed by atoms with E-state index in [1.165, 1.54) is 18.9 Å². The van der Waals surface area contributed by atoms with Gasteiger partial charge in [-0.1, -0.05) is 33.6 Å². The summed E-state index contributed by atoms with van der Waals surface area (Å²) in [6, 6.07) is -2.40. The molecule has 0 aliphatic rings. The van der Waals surface area contributed by atoms with Crippen LogP contribution < -0.4 is 10.6 Å². The summed E-state index contributed by atoms with van der Waals surface area (Å²) in [6.07, 6.45) is -0.688. The Morgan fingerprint density at radius 3 is 1.92 bits per heavy atom. The molecule has 0 fully saturated rings. The molecule has 222 valence electrons. The number of aliphatic hydroxyl groups excluding tert-OH is 2. The fourth-order valence-corrected chi connectivity index (χ4v) is 4.72. The van der Waals surface area contributed by atoms with Gasteiger partial charge in [0.25, 0.3) is 0 Å². The molecule has 0 heterocycles. The predicted octanol–water partition coefficient (Wildman–Crippen LogP) is 1.34. The van der Waals surface area contributed by atoms with Gasteiger partial charge in [0.1, 0.15) is 6.04 Å². The van der Waals surface area contributed by atoms with E-state index >= 15 is 0 Å². The molecule has 8 atom stereocenters. The normalized spacial score (nSPS) is 18.7. The number of ether oxygens (including phenoxy) is 1. The van der Waals surface area contributed by atoms with E-state index in [0.717, 1.165) is 0 Å². The monoisotopic (exact) mass is 545 g/mol. The maximum absolute atomic E-state index is 13.8. The molecule has 0 aromatic carbocycles. The van der Waals surface area contributed by atoms with Crippen LogP contribution in [0.15, 0.2) is 0 Å². The lowest BCUT2D eigenvalue weighted by molar-refractivity contribution is -0.186. The fraction of sp³-hybridized carbons (Fsp3) is 0.852. The van der Waals surface area contributed by atoms with E-state index < -0.39 is 66.5 Å². The molecule has 0 aromatic heterocycles. The molecular formula is C27H51N3O8. The van der Waals surface area contributed by atoms with Crippen molar-refractivity contribution >= 4 is 23.6 Å². The molecule has 0 saturated heterocycles. The number of Topliss-reactive ketones (excluding diaryl/α,β-unsaturated/α-hetero) is 1. The van der Waals surface area contributed by atoms with E-state index in [2.05, 4.69) is 10.6 Å². The zero-order chi connectivity index (χ0) is 29.8. The van der Waals surface area contributed by atoms with Gasteiger partial charge < -0.3 is 35.6 Å². The van der Waals surface area contributed by atoms with Gasteiger partial charge in [-0.2, -0.15) is 0 Å². The van der Waals surface area contributed by atoms with Gasteiger partial charge in [0.2, 0.25) is 11.5 Å². The van der Waals surface area contributed by atoms with Gasteiger partial charge in [0.15, 0.2) is 5.78 Å². The first-order valence-corrected chi connectivity index (χ1v) is 13.5. The van der Waals surface area contributed by atoms with Crippen molar-refractivity contribution in [2.75, 3.05) is 21.1 Å². The lowest BCUT2D eigenvalue weighted by Crippen LogP contribution is -2.56. The molecule has 0 aliphatic carbocycles. The summed E-state index contributed by atoms with van der Waals surface area (Å²) in [5.41, 5.74) is -2.32. The van der Waals surface area contributed by atoms with Crippen LogP contribution in [0.5, 0.6) is 0 Å². The minimum Gasteiger partial charge on any atom is -0.478 e. The summed E-state index contributed by atoms with van der Waals surface area (Å²) in [5, 5.41) is 35.7. The minimum atomic E-state index is -2.32. The van der Waals surface area contributed by atoms with Crippen LogP contribution in [0.2, 0.25) is 0 Å². The van der Waals surface area contributed by atoms with Crippen LogP contribution in [0.1, 0.15) is 80.1 Å². The van der Waals surface area contributed by atoms with Gasteiger partial charge in [-0.25, -0.2) is 4.79 Å². The smallest absolute Gasteiger partial charge is 0.348 e. The van der Waals surface area contributed by atoms with Crippen LogP contribution in [0.4, 0.5) is 0 Å². The van der Waals surface area contributed by atoms with Crippen LogP contribution in [0.25, 0.3) is 0 Å². The lowest BCUT2D eigenvalue weighted by atomic mass is 9.83. The average molecular weight is 546 g/mol. The molecule has 0 bridgehead atoms. The van der Waals surface area contributed by atoms with Gasteiger partial charge in [0, 0.05) is 13.5 Å². The second kappa shape index (κ2) is 16.8. The Bertz CT molecular complexity index is 775. The maximum Gasteiger partial charge on any atom is 0.348 e. The molecule has 5 N–H and O–H groups in total. The van der Waals surface area contributed by atoms with Crippen LogP contribution >= 0.6 is 0 Å². The number of hydrogen-bond donors (Lipinski definition) is 5. The third kappa shape index (κ3) is 10.6. The number of esters is 1. The highest BCUT2D eigenvalue weighted by Crippen LogP contribution is 2.30. The van der Waals surface area contributed by atoms with Gasteiger partial charge in [-0.15, -0.1) is 0 Å². The summed E-state index contributed by atoms with van der Waals surface area (Å²) in [7, 11) is 4.67. The SMILES string of the molecule is CC[C@@H](C)[C@H](NC)C(=O)OC(CC(=O)[C@H]([C@@H](C)CCCC(C)O)N(C)C(=O)[C@H](C)NC)(CC(C)O)C(=O)O. The number of carbonyl (C=O) groups excluding carboxylic acids is 3. The number of carboxylic acid groups (broad SMARTS) is 1. The Kier molecular flexibility index (Phi) is 15.9. The topological polar surface area (TPSA) is 165 Å². The van der Waals surface area contributed by atoms with E-state index in [4.69, 9.17) is 4.74 Å². The first-order chi connectivity index (χ1) is 17.6. The number of nitrogens with zero attached hydrogens (tertiary/aromatic N) is 1. The number of aliphatic hydroxyl groups is 2. The molecule has 0 aromatic rings. The summed E-state index contributed by atoms with van der Waals surface area (Å²) in [4.78, 5) is 53.9. The zero-order valence-corrected chi connectivity index (χ0v) is 24.6. The summed E-state index contributed by atoms with van der Waals surface area (Å²) in [6.45, 7) is 10.2. The van der Waals surface area contributed by atoms with E-state index in [9.17, 15) is 34.5 Å². The average Bonchev–Trinajstić information content (AvgIpc) is 2.82. The number of carboxylic acids is 1. The van der Waals surface area contributed by atoms with Crippen molar-refractivity contribution in [3.63, 3.8) is 0 Å². The molecule has 3 unspecified atom stereocenters. The molecule has 0 radical (unpaired) electrons. The fourth-order valence-electron chi connectivity index (χ4n) is 4.72. The number of rotatable bonds is 19. The van der Waals surface area contributed by atoms with Crippen molar-refractivity contribution in [3.05, 3.63) is 0 Å². The number of aliphatic carboxylic acids is 1. The van der Waals surface area contributed by atoms with Crippen LogP contribution in [0.3, 0.4) is 0 Å². The van der Waals surface area contributed by atoms with E-state index in [1.807, 2.05) is 13.8 Å². The summed E-state index contributed by atoms with van der Waals surface area (Å²) >= 11 is 0. The number of amides is 1. The molecule has 0 spiro atoms. The highest BCUT2D eigenvalue weighted by Gasteiger charge is 2.49.